The Bertz CT molecular complexity index is 646. The van der Waals surface area contributed by atoms with Gasteiger partial charge in [0.15, 0.2) is 0 Å². The minimum atomic E-state index is -0.313. The first kappa shape index (κ1) is 16.7. The summed E-state index contributed by atoms with van der Waals surface area (Å²) in [6.07, 6.45) is 8.12. The van der Waals surface area contributed by atoms with Gasteiger partial charge in [-0.3, -0.25) is 9.59 Å². The number of carbonyl (C=O) groups is 2. The van der Waals surface area contributed by atoms with Gasteiger partial charge in [0.1, 0.15) is 24.6 Å². The SMILES string of the molecule is CCN1C(=O)CO[C@@H](CNC(=O)C=C2CCC2)[C@@H]1c1nccn1C. The number of morpholine rings is 1. The van der Waals surface area contributed by atoms with E-state index in [0.29, 0.717) is 13.1 Å². The van der Waals surface area contributed by atoms with E-state index in [2.05, 4.69) is 10.3 Å². The summed E-state index contributed by atoms with van der Waals surface area (Å²) in [4.78, 5) is 30.4. The van der Waals surface area contributed by atoms with Gasteiger partial charge in [0.2, 0.25) is 11.8 Å². The van der Waals surface area contributed by atoms with Gasteiger partial charge < -0.3 is 19.5 Å². The maximum Gasteiger partial charge on any atom is 0.249 e. The van der Waals surface area contributed by atoms with Crippen LogP contribution in [0.1, 0.15) is 38.1 Å². The first-order valence-corrected chi connectivity index (χ1v) is 8.45. The fraction of sp³-hybridized carbons (Fsp3) is 0.588. The van der Waals surface area contributed by atoms with E-state index in [-0.39, 0.29) is 30.6 Å². The average molecular weight is 332 g/mol. The molecule has 1 aliphatic carbocycles. The number of imidazole rings is 1. The highest BCUT2D eigenvalue weighted by Crippen LogP contribution is 2.28. The molecule has 0 aromatic carbocycles. The maximum atomic E-state index is 12.2. The summed E-state index contributed by atoms with van der Waals surface area (Å²) in [6, 6.07) is -0.298. The van der Waals surface area contributed by atoms with Crippen LogP contribution in [0, 0.1) is 0 Å². The molecule has 0 unspecified atom stereocenters. The number of aromatic nitrogens is 2. The van der Waals surface area contributed by atoms with Crippen LogP contribution >= 0.6 is 0 Å². The Morgan fingerprint density at radius 1 is 1.50 bits per heavy atom. The molecule has 24 heavy (non-hydrogen) atoms. The Labute approximate surface area is 141 Å². The zero-order chi connectivity index (χ0) is 17.1. The molecule has 1 N–H and O–H groups in total. The summed E-state index contributed by atoms with van der Waals surface area (Å²) in [5.41, 5.74) is 1.20. The molecule has 2 amide bonds. The van der Waals surface area contributed by atoms with Crippen LogP contribution in [0.2, 0.25) is 0 Å². The van der Waals surface area contributed by atoms with Gasteiger partial charge in [-0.05, 0) is 26.2 Å². The highest BCUT2D eigenvalue weighted by molar-refractivity contribution is 5.88. The number of nitrogens with zero attached hydrogens (tertiary/aromatic N) is 3. The smallest absolute Gasteiger partial charge is 0.249 e. The van der Waals surface area contributed by atoms with Gasteiger partial charge in [-0.15, -0.1) is 0 Å². The molecule has 3 rings (SSSR count). The Balaban J connectivity index is 1.73. The van der Waals surface area contributed by atoms with E-state index in [4.69, 9.17) is 4.74 Å². The second kappa shape index (κ2) is 7.17. The Kier molecular flexibility index (Phi) is 4.99. The zero-order valence-corrected chi connectivity index (χ0v) is 14.2. The number of likely N-dealkylation sites (N-methyl/N-ethyl adjacent to an activating group) is 1. The molecule has 7 heteroatoms. The van der Waals surface area contributed by atoms with Crippen LogP contribution in [0.15, 0.2) is 24.0 Å². The number of hydrogen-bond acceptors (Lipinski definition) is 4. The van der Waals surface area contributed by atoms with E-state index >= 15 is 0 Å². The maximum absolute atomic E-state index is 12.2. The lowest BCUT2D eigenvalue weighted by Gasteiger charge is -2.40. The number of allylic oxidation sites excluding steroid dienone is 1. The molecule has 130 valence electrons. The van der Waals surface area contributed by atoms with Crippen LogP contribution in [0.25, 0.3) is 0 Å². The van der Waals surface area contributed by atoms with Crippen LogP contribution in [0.4, 0.5) is 0 Å². The van der Waals surface area contributed by atoms with Gasteiger partial charge in [0, 0.05) is 38.6 Å². The number of nitrogens with one attached hydrogen (secondary N) is 1. The van der Waals surface area contributed by atoms with E-state index in [9.17, 15) is 9.59 Å². The molecule has 2 heterocycles. The highest BCUT2D eigenvalue weighted by Gasteiger charge is 2.39. The monoisotopic (exact) mass is 332 g/mol. The average Bonchev–Trinajstić information content (AvgIpc) is 2.95. The van der Waals surface area contributed by atoms with Crippen molar-refractivity contribution >= 4 is 11.8 Å². The molecule has 7 nitrogen and oxygen atoms in total. The number of rotatable bonds is 5. The summed E-state index contributed by atoms with van der Waals surface area (Å²) in [5, 5.41) is 2.91. The van der Waals surface area contributed by atoms with Crippen LogP contribution < -0.4 is 5.32 Å². The summed E-state index contributed by atoms with van der Waals surface area (Å²) < 4.78 is 7.62. The van der Waals surface area contributed by atoms with Crippen molar-refractivity contribution < 1.29 is 14.3 Å². The first-order chi connectivity index (χ1) is 11.6. The normalized spacial score (nSPS) is 23.8. The van der Waals surface area contributed by atoms with Crippen molar-refractivity contribution in [2.24, 2.45) is 7.05 Å². The molecule has 2 fully saturated rings. The molecule has 1 aliphatic heterocycles. The van der Waals surface area contributed by atoms with Gasteiger partial charge in [-0.2, -0.15) is 0 Å². The van der Waals surface area contributed by atoms with Crippen molar-refractivity contribution in [1.82, 2.24) is 19.8 Å². The molecule has 0 radical (unpaired) electrons. The standard InChI is InChI=1S/C17H24N4O3/c1-3-21-15(23)11-24-13(16(21)17-18-7-8-20(17)2)10-19-14(22)9-12-5-4-6-12/h7-9,13,16H,3-6,10-11H2,1-2H3,(H,19,22)/t13-,16+/m0/s1. The Hall–Kier alpha value is -2.15. The Morgan fingerprint density at radius 2 is 2.29 bits per heavy atom. The van der Waals surface area contributed by atoms with Gasteiger partial charge in [-0.25, -0.2) is 4.98 Å². The van der Waals surface area contributed by atoms with E-state index in [1.165, 1.54) is 12.0 Å². The minimum absolute atomic E-state index is 0.0381. The number of carbonyl (C=O) groups excluding carboxylic acids is 2. The summed E-state index contributed by atoms with van der Waals surface area (Å²) >= 11 is 0. The zero-order valence-electron chi connectivity index (χ0n) is 14.2. The molecule has 1 aromatic heterocycles. The summed E-state index contributed by atoms with van der Waals surface area (Å²) in [7, 11) is 1.89. The van der Waals surface area contributed by atoms with Crippen LogP contribution in [0.5, 0.6) is 0 Å². The lowest BCUT2D eigenvalue weighted by molar-refractivity contribution is -0.157. The number of amides is 2. The van der Waals surface area contributed by atoms with Crippen LogP contribution in [-0.2, 0) is 21.4 Å². The van der Waals surface area contributed by atoms with Crippen molar-refractivity contribution in [3.05, 3.63) is 29.9 Å². The largest absolute Gasteiger partial charge is 0.364 e. The molecule has 2 aliphatic rings. The Morgan fingerprint density at radius 3 is 2.88 bits per heavy atom. The second-order valence-corrected chi connectivity index (χ2v) is 6.27. The predicted molar refractivity (Wildman–Crippen MR) is 88.0 cm³/mol. The van der Waals surface area contributed by atoms with E-state index in [1.54, 1.807) is 17.2 Å². The topological polar surface area (TPSA) is 76.5 Å². The van der Waals surface area contributed by atoms with Gasteiger partial charge in [0.25, 0.3) is 0 Å². The third-order valence-corrected chi connectivity index (χ3v) is 4.70. The van der Waals surface area contributed by atoms with E-state index < -0.39 is 0 Å². The lowest BCUT2D eigenvalue weighted by atomic mass is 9.92. The van der Waals surface area contributed by atoms with Crippen molar-refractivity contribution in [2.75, 3.05) is 19.7 Å². The number of aryl methyl sites for hydroxylation is 1. The molecule has 0 bridgehead atoms. The summed E-state index contributed by atoms with van der Waals surface area (Å²) in [6.45, 7) is 2.91. The first-order valence-electron chi connectivity index (χ1n) is 8.45. The third-order valence-electron chi connectivity index (χ3n) is 4.70. The molecular weight excluding hydrogens is 308 g/mol. The molecule has 1 aromatic rings. The molecule has 0 spiro atoms. The molecular formula is C17H24N4O3. The number of ether oxygens (including phenoxy) is 1. The van der Waals surface area contributed by atoms with Gasteiger partial charge in [-0.1, -0.05) is 5.57 Å². The highest BCUT2D eigenvalue weighted by atomic mass is 16.5. The molecule has 1 saturated heterocycles. The molecule has 2 atom stereocenters. The van der Waals surface area contributed by atoms with Crippen molar-refractivity contribution in [2.45, 2.75) is 38.3 Å². The van der Waals surface area contributed by atoms with Crippen LogP contribution in [-0.4, -0.2) is 52.1 Å². The van der Waals surface area contributed by atoms with Gasteiger partial charge in [0.05, 0.1) is 0 Å². The van der Waals surface area contributed by atoms with Gasteiger partial charge >= 0.3 is 0 Å². The number of hydrogen-bond donors (Lipinski definition) is 1. The fourth-order valence-electron chi connectivity index (χ4n) is 3.18. The quantitative estimate of drug-likeness (QED) is 0.814. The lowest BCUT2D eigenvalue weighted by Crippen LogP contribution is -2.53. The van der Waals surface area contributed by atoms with Crippen molar-refractivity contribution in [3.8, 4) is 0 Å². The third kappa shape index (κ3) is 3.36. The van der Waals surface area contributed by atoms with E-state index in [0.717, 1.165) is 18.7 Å². The van der Waals surface area contributed by atoms with Crippen molar-refractivity contribution in [3.63, 3.8) is 0 Å². The van der Waals surface area contributed by atoms with Crippen LogP contribution in [0.3, 0.4) is 0 Å². The molecule has 1 saturated carbocycles. The predicted octanol–water partition coefficient (Wildman–Crippen LogP) is 0.935. The second-order valence-electron chi connectivity index (χ2n) is 6.27. The summed E-state index contributed by atoms with van der Waals surface area (Å²) in [5.74, 6) is 0.623. The minimum Gasteiger partial charge on any atom is -0.364 e. The van der Waals surface area contributed by atoms with E-state index in [1.807, 2.05) is 24.7 Å². The fourth-order valence-corrected chi connectivity index (χ4v) is 3.18. The van der Waals surface area contributed by atoms with Crippen molar-refractivity contribution in [1.29, 1.82) is 0 Å².